The van der Waals surface area contributed by atoms with Crippen molar-refractivity contribution in [2.75, 3.05) is 36.9 Å². The van der Waals surface area contributed by atoms with Crippen molar-refractivity contribution in [2.24, 2.45) is 5.92 Å². The highest BCUT2D eigenvalue weighted by Crippen LogP contribution is 2.34. The van der Waals surface area contributed by atoms with E-state index in [4.69, 9.17) is 10.1 Å². The summed E-state index contributed by atoms with van der Waals surface area (Å²) in [6.07, 6.45) is 2.99. The lowest BCUT2D eigenvalue weighted by Crippen LogP contribution is -2.30. The average Bonchev–Trinajstić information content (AvgIpc) is 3.52. The number of benzene rings is 1. The molecule has 2 aliphatic rings. The molecule has 2 saturated heterocycles. The van der Waals surface area contributed by atoms with E-state index in [9.17, 15) is 4.39 Å². The van der Waals surface area contributed by atoms with Gasteiger partial charge in [0, 0.05) is 43.5 Å². The second-order valence-electron chi connectivity index (χ2n) is 8.47. The predicted molar refractivity (Wildman–Crippen MR) is 123 cm³/mol. The maximum atomic E-state index is 13.6. The number of nitrogens with zero attached hydrogens (tertiary/aromatic N) is 5. The number of hydrogen-bond acceptors (Lipinski definition) is 6. The quantitative estimate of drug-likeness (QED) is 0.518. The molecule has 2 fully saturated rings. The number of hydrogen-bond donors (Lipinski definition) is 2. The zero-order valence-electron chi connectivity index (χ0n) is 17.8. The molecule has 6 rings (SSSR count). The summed E-state index contributed by atoms with van der Waals surface area (Å²) in [4.78, 5) is 11.6. The lowest BCUT2D eigenvalue weighted by atomic mass is 10.1. The molecule has 0 amide bonds. The van der Waals surface area contributed by atoms with Gasteiger partial charge in [0.2, 0.25) is 0 Å². The lowest BCUT2D eigenvalue weighted by molar-refractivity contribution is 0.556. The summed E-state index contributed by atoms with van der Waals surface area (Å²) in [5.74, 6) is 2.12. The van der Waals surface area contributed by atoms with E-state index in [2.05, 4.69) is 20.5 Å². The Morgan fingerprint density at radius 1 is 1.06 bits per heavy atom. The molecule has 162 valence electrons. The van der Waals surface area contributed by atoms with E-state index in [-0.39, 0.29) is 5.82 Å². The van der Waals surface area contributed by atoms with Crippen LogP contribution in [0, 0.1) is 11.7 Å². The third kappa shape index (κ3) is 3.18. The summed E-state index contributed by atoms with van der Waals surface area (Å²) in [5, 5.41) is 11.7. The molecule has 0 bridgehead atoms. The van der Waals surface area contributed by atoms with Crippen LogP contribution in [0.2, 0.25) is 0 Å². The van der Waals surface area contributed by atoms with Crippen molar-refractivity contribution in [1.82, 2.24) is 24.9 Å². The Labute approximate surface area is 185 Å². The molecule has 0 radical (unpaired) electrons. The maximum absolute atomic E-state index is 13.6. The van der Waals surface area contributed by atoms with E-state index in [1.807, 2.05) is 35.8 Å². The molecule has 2 N–H and O–H groups in total. The fourth-order valence-corrected chi connectivity index (χ4v) is 4.91. The van der Waals surface area contributed by atoms with E-state index < -0.39 is 0 Å². The molecule has 8 heteroatoms. The van der Waals surface area contributed by atoms with Gasteiger partial charge in [-0.3, -0.25) is 0 Å². The van der Waals surface area contributed by atoms with Gasteiger partial charge in [-0.15, -0.1) is 5.10 Å². The predicted octanol–water partition coefficient (Wildman–Crippen LogP) is 3.44. The van der Waals surface area contributed by atoms with E-state index in [0.717, 1.165) is 59.4 Å². The van der Waals surface area contributed by atoms with Crippen LogP contribution in [0.4, 0.5) is 16.0 Å². The van der Waals surface area contributed by atoms with Crippen molar-refractivity contribution in [3.63, 3.8) is 0 Å². The highest BCUT2D eigenvalue weighted by atomic mass is 19.1. The average molecular weight is 430 g/mol. The Kier molecular flexibility index (Phi) is 4.53. The van der Waals surface area contributed by atoms with Crippen molar-refractivity contribution in [2.45, 2.75) is 12.5 Å². The Bertz CT molecular complexity index is 1270. The fourth-order valence-electron chi connectivity index (χ4n) is 4.91. The summed E-state index contributed by atoms with van der Waals surface area (Å²) in [5.41, 5.74) is 4.17. The van der Waals surface area contributed by atoms with E-state index in [1.165, 1.54) is 18.6 Å². The molecule has 1 aromatic carbocycles. The first-order valence-electron chi connectivity index (χ1n) is 11.0. The Morgan fingerprint density at radius 3 is 2.75 bits per heavy atom. The standard InChI is InChI=1S/C24H24FN7/c1-26-20-12-16(8-11-28-20)24-23(15-2-4-18(25)5-3-15)29-21-6-7-22(30-32(21)24)31-13-17-9-10-27-19(17)14-31/h2-8,11-12,17,19,27H,9-10,13-14H2,1H3,(H,26,28). The van der Waals surface area contributed by atoms with Crippen molar-refractivity contribution in [1.29, 1.82) is 0 Å². The van der Waals surface area contributed by atoms with Gasteiger partial charge in [0.1, 0.15) is 23.1 Å². The molecule has 32 heavy (non-hydrogen) atoms. The Balaban J connectivity index is 1.51. The number of rotatable bonds is 4. The second-order valence-corrected chi connectivity index (χ2v) is 8.47. The molecule has 3 aromatic heterocycles. The molecule has 0 saturated carbocycles. The van der Waals surface area contributed by atoms with Crippen molar-refractivity contribution >= 4 is 17.3 Å². The number of aromatic nitrogens is 4. The van der Waals surface area contributed by atoms with Gasteiger partial charge in [0.25, 0.3) is 0 Å². The van der Waals surface area contributed by atoms with E-state index in [0.29, 0.717) is 12.0 Å². The van der Waals surface area contributed by atoms with Crippen molar-refractivity contribution in [3.8, 4) is 22.5 Å². The number of nitrogens with one attached hydrogen (secondary N) is 2. The largest absolute Gasteiger partial charge is 0.373 e. The minimum Gasteiger partial charge on any atom is -0.373 e. The Hall–Kier alpha value is -3.52. The molecule has 0 spiro atoms. The lowest BCUT2D eigenvalue weighted by Gasteiger charge is -2.18. The highest BCUT2D eigenvalue weighted by Gasteiger charge is 2.36. The van der Waals surface area contributed by atoms with Crippen LogP contribution in [0.1, 0.15) is 6.42 Å². The minimum absolute atomic E-state index is 0.269. The van der Waals surface area contributed by atoms with Crippen LogP contribution in [-0.4, -0.2) is 52.3 Å². The van der Waals surface area contributed by atoms with Crippen LogP contribution in [0.5, 0.6) is 0 Å². The molecule has 0 aliphatic carbocycles. The van der Waals surface area contributed by atoms with Gasteiger partial charge >= 0.3 is 0 Å². The topological polar surface area (TPSA) is 70.4 Å². The van der Waals surface area contributed by atoms with E-state index >= 15 is 0 Å². The monoisotopic (exact) mass is 429 g/mol. The number of pyridine rings is 1. The molecular formula is C24H24FN7. The molecule has 2 aliphatic heterocycles. The number of halogens is 1. The summed E-state index contributed by atoms with van der Waals surface area (Å²) in [6.45, 7) is 3.10. The van der Waals surface area contributed by atoms with Crippen LogP contribution in [0.15, 0.2) is 54.7 Å². The molecule has 4 aromatic rings. The molecule has 7 nitrogen and oxygen atoms in total. The van der Waals surface area contributed by atoms with Gasteiger partial charge in [-0.05, 0) is 67.4 Å². The number of fused-ring (bicyclic) bond motifs is 2. The summed E-state index contributed by atoms with van der Waals surface area (Å²) in [7, 11) is 1.84. The van der Waals surface area contributed by atoms with Gasteiger partial charge in [0.05, 0.1) is 5.69 Å². The molecular weight excluding hydrogens is 405 g/mol. The maximum Gasteiger partial charge on any atom is 0.155 e. The van der Waals surface area contributed by atoms with Crippen LogP contribution >= 0.6 is 0 Å². The summed E-state index contributed by atoms with van der Waals surface area (Å²) in [6, 6.07) is 15.0. The zero-order chi connectivity index (χ0) is 21.7. The van der Waals surface area contributed by atoms with Gasteiger partial charge < -0.3 is 15.5 Å². The zero-order valence-corrected chi connectivity index (χ0v) is 17.8. The Morgan fingerprint density at radius 2 is 1.94 bits per heavy atom. The molecule has 5 heterocycles. The van der Waals surface area contributed by atoms with Crippen molar-refractivity contribution < 1.29 is 4.39 Å². The van der Waals surface area contributed by atoms with Crippen LogP contribution in [0.3, 0.4) is 0 Å². The summed E-state index contributed by atoms with van der Waals surface area (Å²) < 4.78 is 15.5. The first-order chi connectivity index (χ1) is 15.7. The second kappa shape index (κ2) is 7.56. The fraction of sp³-hybridized carbons (Fsp3) is 0.292. The van der Waals surface area contributed by atoms with Gasteiger partial charge in [0.15, 0.2) is 5.65 Å². The third-order valence-corrected chi connectivity index (χ3v) is 6.56. The van der Waals surface area contributed by atoms with Gasteiger partial charge in [-0.25, -0.2) is 18.9 Å². The number of imidazole rings is 1. The van der Waals surface area contributed by atoms with Gasteiger partial charge in [-0.1, -0.05) is 0 Å². The van der Waals surface area contributed by atoms with Gasteiger partial charge in [-0.2, -0.15) is 0 Å². The normalized spacial score (nSPS) is 20.1. The highest BCUT2D eigenvalue weighted by molar-refractivity contribution is 5.82. The van der Waals surface area contributed by atoms with Crippen LogP contribution in [-0.2, 0) is 0 Å². The smallest absolute Gasteiger partial charge is 0.155 e. The molecule has 2 unspecified atom stereocenters. The third-order valence-electron chi connectivity index (χ3n) is 6.56. The van der Waals surface area contributed by atoms with Crippen molar-refractivity contribution in [3.05, 3.63) is 60.5 Å². The van der Waals surface area contributed by atoms with Crippen LogP contribution < -0.4 is 15.5 Å². The first-order valence-corrected chi connectivity index (χ1v) is 11.0. The SMILES string of the molecule is CNc1cc(-c2c(-c3ccc(F)cc3)nc3ccc(N4CC5CCNC5C4)nn23)ccn1. The van der Waals surface area contributed by atoms with E-state index in [1.54, 1.807) is 18.3 Å². The summed E-state index contributed by atoms with van der Waals surface area (Å²) >= 11 is 0. The number of anilines is 2. The minimum atomic E-state index is -0.269. The molecule has 2 atom stereocenters. The first kappa shape index (κ1) is 19.2. The van der Waals surface area contributed by atoms with Crippen LogP contribution in [0.25, 0.3) is 28.2 Å².